The zero-order valence-electron chi connectivity index (χ0n) is 10.9. The number of nitrogens with two attached hydrogens (primary N) is 1. The third-order valence-electron chi connectivity index (χ3n) is 2.88. The molecular formula is C15H14F2N2O. The average molecular weight is 276 g/mol. The molecule has 20 heavy (non-hydrogen) atoms. The predicted molar refractivity (Wildman–Crippen MR) is 72.9 cm³/mol. The van der Waals surface area contributed by atoms with Crippen LogP contribution in [0.2, 0.25) is 0 Å². The van der Waals surface area contributed by atoms with Crippen molar-refractivity contribution in [1.82, 2.24) is 0 Å². The van der Waals surface area contributed by atoms with E-state index >= 15 is 0 Å². The molecule has 5 heteroatoms. The lowest BCUT2D eigenvalue weighted by Gasteiger charge is -2.12. The van der Waals surface area contributed by atoms with Gasteiger partial charge in [-0.3, -0.25) is 5.41 Å². The molecule has 0 unspecified atom stereocenters. The van der Waals surface area contributed by atoms with E-state index < -0.39 is 5.82 Å². The van der Waals surface area contributed by atoms with Gasteiger partial charge in [-0.1, -0.05) is 6.07 Å². The highest BCUT2D eigenvalue weighted by atomic mass is 19.1. The summed E-state index contributed by atoms with van der Waals surface area (Å²) in [6, 6.07) is 8.19. The number of nitrogen functional groups attached to an aromatic ring is 1. The molecule has 0 bridgehead atoms. The molecule has 0 atom stereocenters. The molecule has 0 saturated carbocycles. The maximum atomic E-state index is 13.1. The van der Waals surface area contributed by atoms with E-state index in [2.05, 4.69) is 0 Å². The molecule has 2 rings (SSSR count). The Kier molecular flexibility index (Phi) is 3.98. The van der Waals surface area contributed by atoms with E-state index in [9.17, 15) is 8.78 Å². The zero-order valence-corrected chi connectivity index (χ0v) is 10.9. The summed E-state index contributed by atoms with van der Waals surface area (Å²) in [6.45, 7) is 1.86. The van der Waals surface area contributed by atoms with Crippen molar-refractivity contribution in [3.63, 3.8) is 0 Å². The van der Waals surface area contributed by atoms with Gasteiger partial charge in [-0.25, -0.2) is 8.78 Å². The van der Waals surface area contributed by atoms with Crippen molar-refractivity contribution < 1.29 is 13.5 Å². The summed E-state index contributed by atoms with van der Waals surface area (Å²) in [7, 11) is 0. The third kappa shape index (κ3) is 3.12. The molecule has 0 aliphatic rings. The van der Waals surface area contributed by atoms with E-state index in [1.807, 2.05) is 0 Å². The highest BCUT2D eigenvalue weighted by Gasteiger charge is 2.09. The molecule has 104 valence electrons. The number of aryl methyl sites for hydroxylation is 1. The molecule has 3 nitrogen and oxygen atoms in total. The maximum absolute atomic E-state index is 13.1. The number of benzene rings is 2. The first-order chi connectivity index (χ1) is 9.47. The van der Waals surface area contributed by atoms with Crippen LogP contribution in [-0.4, -0.2) is 5.84 Å². The molecule has 2 aromatic carbocycles. The van der Waals surface area contributed by atoms with Crippen LogP contribution in [0.3, 0.4) is 0 Å². The van der Waals surface area contributed by atoms with Crippen LogP contribution in [0.4, 0.5) is 8.78 Å². The fraction of sp³-hybridized carbons (Fsp3) is 0.133. The number of hydrogen-bond donors (Lipinski definition) is 2. The SMILES string of the molecule is Cc1cc(F)ccc1OCc1ccc(F)cc1C(=N)N. The first-order valence-electron chi connectivity index (χ1n) is 5.99. The Bertz CT molecular complexity index is 656. The van der Waals surface area contributed by atoms with Gasteiger partial charge in [0, 0.05) is 11.1 Å². The van der Waals surface area contributed by atoms with Crippen molar-refractivity contribution in [2.75, 3.05) is 0 Å². The second kappa shape index (κ2) is 5.69. The maximum Gasteiger partial charge on any atom is 0.123 e. The summed E-state index contributed by atoms with van der Waals surface area (Å²) in [4.78, 5) is 0. The number of halogens is 2. The van der Waals surface area contributed by atoms with E-state index in [4.69, 9.17) is 15.9 Å². The molecule has 0 fully saturated rings. The fourth-order valence-electron chi connectivity index (χ4n) is 1.86. The molecular weight excluding hydrogens is 262 g/mol. The van der Waals surface area contributed by atoms with Crippen LogP contribution in [-0.2, 0) is 6.61 Å². The van der Waals surface area contributed by atoms with Crippen LogP contribution >= 0.6 is 0 Å². The predicted octanol–water partition coefficient (Wildman–Crippen LogP) is 3.14. The van der Waals surface area contributed by atoms with Crippen LogP contribution in [0.1, 0.15) is 16.7 Å². The summed E-state index contributed by atoms with van der Waals surface area (Å²) in [6.07, 6.45) is 0. The standard InChI is InChI=1S/C15H14F2N2O/c1-9-6-11(16)4-5-14(9)20-8-10-2-3-12(17)7-13(10)15(18)19/h2-7H,8H2,1H3,(H3,18,19). The molecule has 2 aromatic rings. The van der Waals surface area contributed by atoms with Gasteiger partial charge in [0.05, 0.1) is 0 Å². The van der Waals surface area contributed by atoms with Crippen LogP contribution in [0, 0.1) is 24.0 Å². The molecule has 3 N–H and O–H groups in total. The summed E-state index contributed by atoms with van der Waals surface area (Å²) >= 11 is 0. The Morgan fingerprint density at radius 1 is 1.15 bits per heavy atom. The lowest BCUT2D eigenvalue weighted by atomic mass is 10.1. The number of amidine groups is 1. The monoisotopic (exact) mass is 276 g/mol. The number of ether oxygens (including phenoxy) is 1. The molecule has 0 spiro atoms. The van der Waals surface area contributed by atoms with Gasteiger partial charge in [0.2, 0.25) is 0 Å². The topological polar surface area (TPSA) is 59.1 Å². The first-order valence-corrected chi connectivity index (χ1v) is 5.99. The quantitative estimate of drug-likeness (QED) is 0.665. The largest absolute Gasteiger partial charge is 0.489 e. The second-order valence-electron chi connectivity index (χ2n) is 4.41. The van der Waals surface area contributed by atoms with Gasteiger partial charge >= 0.3 is 0 Å². The van der Waals surface area contributed by atoms with Crippen molar-refractivity contribution in [2.45, 2.75) is 13.5 Å². The van der Waals surface area contributed by atoms with Crippen LogP contribution in [0.5, 0.6) is 5.75 Å². The third-order valence-corrected chi connectivity index (χ3v) is 2.88. The fourth-order valence-corrected chi connectivity index (χ4v) is 1.86. The second-order valence-corrected chi connectivity index (χ2v) is 4.41. The Labute approximate surface area is 115 Å². The molecule has 0 amide bonds. The van der Waals surface area contributed by atoms with Gasteiger partial charge in [0.1, 0.15) is 29.8 Å². The smallest absolute Gasteiger partial charge is 0.123 e. The zero-order chi connectivity index (χ0) is 14.7. The minimum absolute atomic E-state index is 0.127. The van der Waals surface area contributed by atoms with Gasteiger partial charge in [0.25, 0.3) is 0 Å². The van der Waals surface area contributed by atoms with Gasteiger partial charge in [-0.2, -0.15) is 0 Å². The Morgan fingerprint density at radius 2 is 1.80 bits per heavy atom. The Hall–Kier alpha value is -2.43. The first kappa shape index (κ1) is 14.0. The van der Waals surface area contributed by atoms with Crippen molar-refractivity contribution in [3.8, 4) is 5.75 Å². The lowest BCUT2D eigenvalue weighted by Crippen LogP contribution is -2.15. The van der Waals surface area contributed by atoms with Crippen molar-refractivity contribution in [1.29, 1.82) is 5.41 Å². The van der Waals surface area contributed by atoms with Gasteiger partial charge in [-0.15, -0.1) is 0 Å². The molecule has 0 saturated heterocycles. The summed E-state index contributed by atoms with van der Waals surface area (Å²) in [5, 5.41) is 7.43. The van der Waals surface area contributed by atoms with Gasteiger partial charge < -0.3 is 10.5 Å². The normalized spacial score (nSPS) is 10.3. The van der Waals surface area contributed by atoms with E-state index in [1.54, 1.807) is 6.92 Å². The van der Waals surface area contributed by atoms with E-state index in [-0.39, 0.29) is 18.3 Å². The van der Waals surface area contributed by atoms with Gasteiger partial charge in [0.15, 0.2) is 0 Å². The van der Waals surface area contributed by atoms with Crippen LogP contribution in [0.25, 0.3) is 0 Å². The highest BCUT2D eigenvalue weighted by molar-refractivity contribution is 5.96. The molecule has 0 aromatic heterocycles. The highest BCUT2D eigenvalue weighted by Crippen LogP contribution is 2.21. The average Bonchev–Trinajstić information content (AvgIpc) is 2.38. The van der Waals surface area contributed by atoms with Crippen LogP contribution in [0.15, 0.2) is 36.4 Å². The molecule has 0 aliphatic heterocycles. The number of rotatable bonds is 4. The van der Waals surface area contributed by atoms with E-state index in [0.29, 0.717) is 22.4 Å². The van der Waals surface area contributed by atoms with Crippen molar-refractivity contribution in [2.24, 2.45) is 5.73 Å². The molecule has 0 aliphatic carbocycles. The number of nitrogens with one attached hydrogen (secondary N) is 1. The minimum atomic E-state index is -0.461. The van der Waals surface area contributed by atoms with Crippen LogP contribution < -0.4 is 10.5 Å². The van der Waals surface area contributed by atoms with Gasteiger partial charge in [-0.05, 0) is 42.8 Å². The summed E-state index contributed by atoms with van der Waals surface area (Å²) in [5.74, 6) is -0.484. The van der Waals surface area contributed by atoms with Crippen molar-refractivity contribution in [3.05, 3.63) is 64.7 Å². The van der Waals surface area contributed by atoms with E-state index in [0.717, 1.165) is 0 Å². The van der Waals surface area contributed by atoms with E-state index in [1.165, 1.54) is 36.4 Å². The lowest BCUT2D eigenvalue weighted by molar-refractivity contribution is 0.303. The summed E-state index contributed by atoms with van der Waals surface area (Å²) in [5.41, 5.74) is 6.97. The number of hydrogen-bond acceptors (Lipinski definition) is 2. The Balaban J connectivity index is 2.20. The molecule has 0 radical (unpaired) electrons. The van der Waals surface area contributed by atoms with Crippen molar-refractivity contribution >= 4 is 5.84 Å². The Morgan fingerprint density at radius 3 is 2.45 bits per heavy atom. The minimum Gasteiger partial charge on any atom is -0.489 e. The summed E-state index contributed by atoms with van der Waals surface area (Å²) < 4.78 is 31.7. The molecule has 0 heterocycles.